The molecular formula is C17H25N3O2. The number of carbonyl (C=O) groups is 1. The fraction of sp³-hybridized carbons (Fsp3) is 0.647. The van der Waals surface area contributed by atoms with Crippen LogP contribution in [0.5, 0.6) is 5.75 Å². The largest absolute Gasteiger partial charge is 0.506 e. The molecule has 0 aromatic carbocycles. The smallest absolute Gasteiger partial charge is 0.255 e. The maximum atomic E-state index is 12.5. The number of amides is 1. The van der Waals surface area contributed by atoms with Gasteiger partial charge in [-0.1, -0.05) is 0 Å². The number of aromatic hydroxyl groups is 1. The lowest BCUT2D eigenvalue weighted by atomic mass is 10.0. The molecule has 1 heterocycles. The first kappa shape index (κ1) is 15.3. The van der Waals surface area contributed by atoms with Gasteiger partial charge in [-0.2, -0.15) is 0 Å². The molecule has 5 nitrogen and oxygen atoms in total. The molecule has 22 heavy (non-hydrogen) atoms. The Morgan fingerprint density at radius 1 is 1.09 bits per heavy atom. The SMILES string of the molecule is CN(C)C1C[C@@H]2CC(N(C)C(=O)c3cncc(O)c3)C[C@@H]2C1. The number of fused-ring (bicyclic) bond motifs is 1. The molecular weight excluding hydrogens is 278 g/mol. The summed E-state index contributed by atoms with van der Waals surface area (Å²) in [6.07, 6.45) is 7.58. The molecule has 0 bridgehead atoms. The van der Waals surface area contributed by atoms with Gasteiger partial charge in [0.1, 0.15) is 5.75 Å². The van der Waals surface area contributed by atoms with Crippen LogP contribution in [-0.2, 0) is 0 Å². The lowest BCUT2D eigenvalue weighted by molar-refractivity contribution is 0.0725. The van der Waals surface area contributed by atoms with E-state index in [4.69, 9.17) is 0 Å². The van der Waals surface area contributed by atoms with Crippen LogP contribution in [0.4, 0.5) is 0 Å². The van der Waals surface area contributed by atoms with E-state index in [-0.39, 0.29) is 11.7 Å². The summed E-state index contributed by atoms with van der Waals surface area (Å²) in [5.74, 6) is 1.49. The van der Waals surface area contributed by atoms with Gasteiger partial charge in [-0.05, 0) is 57.7 Å². The highest BCUT2D eigenvalue weighted by Gasteiger charge is 2.44. The molecule has 2 aliphatic carbocycles. The van der Waals surface area contributed by atoms with Crippen LogP contribution in [0.2, 0.25) is 0 Å². The number of rotatable bonds is 3. The summed E-state index contributed by atoms with van der Waals surface area (Å²) in [5.41, 5.74) is 0.464. The van der Waals surface area contributed by atoms with Gasteiger partial charge < -0.3 is 14.9 Å². The summed E-state index contributed by atoms with van der Waals surface area (Å²) in [6, 6.07) is 2.50. The zero-order chi connectivity index (χ0) is 15.9. The Labute approximate surface area is 131 Å². The van der Waals surface area contributed by atoms with E-state index < -0.39 is 0 Å². The quantitative estimate of drug-likeness (QED) is 0.927. The predicted molar refractivity (Wildman–Crippen MR) is 84.7 cm³/mol. The van der Waals surface area contributed by atoms with E-state index in [0.717, 1.165) is 24.7 Å². The average molecular weight is 303 g/mol. The van der Waals surface area contributed by atoms with Gasteiger partial charge in [-0.25, -0.2) is 0 Å². The van der Waals surface area contributed by atoms with Crippen molar-refractivity contribution >= 4 is 5.91 Å². The Hall–Kier alpha value is -1.62. The Kier molecular flexibility index (Phi) is 4.08. The Morgan fingerprint density at radius 3 is 2.23 bits per heavy atom. The second-order valence-electron chi connectivity index (χ2n) is 7.08. The molecule has 0 aliphatic heterocycles. The Bertz CT molecular complexity index is 547. The van der Waals surface area contributed by atoms with Crippen molar-refractivity contribution in [2.75, 3.05) is 21.1 Å². The van der Waals surface area contributed by atoms with E-state index in [9.17, 15) is 9.90 Å². The molecule has 0 radical (unpaired) electrons. The van der Waals surface area contributed by atoms with Gasteiger partial charge in [0.05, 0.1) is 11.8 Å². The van der Waals surface area contributed by atoms with Crippen molar-refractivity contribution in [3.63, 3.8) is 0 Å². The standard InChI is InChI=1S/C17H25N3O2/c1-19(2)14-4-11-6-15(7-12(11)5-14)20(3)17(22)13-8-16(21)10-18-9-13/h8-12,14-15,21H,4-7H2,1-3H3/t11-,12+,14?,15?. The Balaban J connectivity index is 1.63. The van der Waals surface area contributed by atoms with E-state index in [1.165, 1.54) is 31.3 Å². The number of carbonyl (C=O) groups excluding carboxylic acids is 1. The van der Waals surface area contributed by atoms with Crippen LogP contribution in [0.25, 0.3) is 0 Å². The van der Waals surface area contributed by atoms with Gasteiger partial charge in [0.15, 0.2) is 0 Å². The van der Waals surface area contributed by atoms with Crippen molar-refractivity contribution in [3.8, 4) is 5.75 Å². The topological polar surface area (TPSA) is 56.7 Å². The third-order valence-electron chi connectivity index (χ3n) is 5.54. The van der Waals surface area contributed by atoms with E-state index in [2.05, 4.69) is 24.0 Å². The first-order valence-electron chi connectivity index (χ1n) is 8.03. The highest BCUT2D eigenvalue weighted by Crippen LogP contribution is 2.46. The number of pyridine rings is 1. The third kappa shape index (κ3) is 2.82. The monoisotopic (exact) mass is 303 g/mol. The zero-order valence-electron chi connectivity index (χ0n) is 13.6. The molecule has 3 rings (SSSR count). The molecule has 1 aromatic rings. The molecule has 1 N–H and O–H groups in total. The lowest BCUT2D eigenvalue weighted by Gasteiger charge is -2.27. The predicted octanol–water partition coefficient (Wildman–Crippen LogP) is 1.98. The summed E-state index contributed by atoms with van der Waals surface area (Å²) in [5, 5.41) is 9.48. The van der Waals surface area contributed by atoms with Gasteiger partial charge in [0.2, 0.25) is 0 Å². The van der Waals surface area contributed by atoms with Crippen molar-refractivity contribution < 1.29 is 9.90 Å². The minimum Gasteiger partial charge on any atom is -0.506 e. The molecule has 4 atom stereocenters. The summed E-state index contributed by atoms with van der Waals surface area (Å²) >= 11 is 0. The van der Waals surface area contributed by atoms with E-state index in [1.807, 2.05) is 11.9 Å². The molecule has 0 spiro atoms. The number of hydrogen-bond donors (Lipinski definition) is 1. The summed E-state index contributed by atoms with van der Waals surface area (Å²) in [7, 11) is 6.20. The van der Waals surface area contributed by atoms with Gasteiger partial charge in [-0.3, -0.25) is 9.78 Å². The van der Waals surface area contributed by atoms with Crippen LogP contribution in [-0.4, -0.2) is 59.0 Å². The molecule has 1 aromatic heterocycles. The first-order chi connectivity index (χ1) is 10.5. The summed E-state index contributed by atoms with van der Waals surface area (Å²) in [4.78, 5) is 20.6. The molecule has 2 aliphatic rings. The molecule has 120 valence electrons. The fourth-order valence-electron chi connectivity index (χ4n) is 4.20. The molecule has 5 heteroatoms. The van der Waals surface area contributed by atoms with Crippen LogP contribution in [0, 0.1) is 11.8 Å². The highest BCUT2D eigenvalue weighted by atomic mass is 16.3. The molecule has 1 amide bonds. The molecule has 2 unspecified atom stereocenters. The summed E-state index contributed by atoms with van der Waals surface area (Å²) < 4.78 is 0. The normalized spacial score (nSPS) is 30.5. The van der Waals surface area contributed by atoms with Crippen LogP contribution in [0.3, 0.4) is 0 Å². The van der Waals surface area contributed by atoms with Crippen LogP contribution in [0.1, 0.15) is 36.0 Å². The minimum absolute atomic E-state index is 0.0383. The van der Waals surface area contributed by atoms with Crippen molar-refractivity contribution in [2.45, 2.75) is 37.8 Å². The van der Waals surface area contributed by atoms with E-state index in [1.54, 1.807) is 0 Å². The zero-order valence-corrected chi connectivity index (χ0v) is 13.6. The Morgan fingerprint density at radius 2 is 1.68 bits per heavy atom. The molecule has 2 fully saturated rings. The highest BCUT2D eigenvalue weighted by molar-refractivity contribution is 5.94. The van der Waals surface area contributed by atoms with E-state index in [0.29, 0.717) is 17.6 Å². The number of aromatic nitrogens is 1. The van der Waals surface area contributed by atoms with Gasteiger partial charge in [0, 0.05) is 25.3 Å². The first-order valence-corrected chi connectivity index (χ1v) is 8.03. The van der Waals surface area contributed by atoms with Crippen molar-refractivity contribution in [1.82, 2.24) is 14.8 Å². The molecule has 2 saturated carbocycles. The van der Waals surface area contributed by atoms with Crippen LogP contribution >= 0.6 is 0 Å². The number of hydrogen-bond acceptors (Lipinski definition) is 4. The fourth-order valence-corrected chi connectivity index (χ4v) is 4.20. The van der Waals surface area contributed by atoms with Crippen LogP contribution in [0.15, 0.2) is 18.5 Å². The second-order valence-corrected chi connectivity index (χ2v) is 7.08. The van der Waals surface area contributed by atoms with Gasteiger partial charge in [-0.15, -0.1) is 0 Å². The van der Waals surface area contributed by atoms with Crippen molar-refractivity contribution in [2.24, 2.45) is 11.8 Å². The maximum Gasteiger partial charge on any atom is 0.255 e. The number of nitrogens with zero attached hydrogens (tertiary/aromatic N) is 3. The average Bonchev–Trinajstić information content (AvgIpc) is 3.04. The van der Waals surface area contributed by atoms with Gasteiger partial charge >= 0.3 is 0 Å². The second kappa shape index (κ2) is 5.88. The third-order valence-corrected chi connectivity index (χ3v) is 5.54. The minimum atomic E-state index is -0.0440. The van der Waals surface area contributed by atoms with E-state index >= 15 is 0 Å². The lowest BCUT2D eigenvalue weighted by Crippen LogP contribution is -2.36. The molecule has 0 saturated heterocycles. The van der Waals surface area contributed by atoms with Crippen molar-refractivity contribution in [3.05, 3.63) is 24.0 Å². The summed E-state index contributed by atoms with van der Waals surface area (Å²) in [6.45, 7) is 0. The maximum absolute atomic E-state index is 12.5. The van der Waals surface area contributed by atoms with Crippen molar-refractivity contribution in [1.29, 1.82) is 0 Å². The van der Waals surface area contributed by atoms with Crippen LogP contribution < -0.4 is 0 Å². The van der Waals surface area contributed by atoms with Gasteiger partial charge in [0.25, 0.3) is 5.91 Å².